The van der Waals surface area contributed by atoms with E-state index in [4.69, 9.17) is 10.5 Å². The summed E-state index contributed by atoms with van der Waals surface area (Å²) < 4.78 is 5.31. The summed E-state index contributed by atoms with van der Waals surface area (Å²) in [5.74, 6) is 0.0310. The standard InChI is InChI=1S/C10H20N2O2/c1-3-14-8(2)9(11)10(13)12-6-4-5-7-12/h8-9H,3-7,11H2,1-2H3. The van der Waals surface area contributed by atoms with E-state index in [9.17, 15) is 4.79 Å². The maximum Gasteiger partial charge on any atom is 0.242 e. The Morgan fingerprint density at radius 1 is 1.50 bits per heavy atom. The molecule has 0 aromatic heterocycles. The lowest BCUT2D eigenvalue weighted by atomic mass is 10.1. The monoisotopic (exact) mass is 200 g/mol. The summed E-state index contributed by atoms with van der Waals surface area (Å²) in [7, 11) is 0. The molecule has 0 aromatic carbocycles. The minimum atomic E-state index is -0.506. The van der Waals surface area contributed by atoms with Crippen LogP contribution in [0.2, 0.25) is 0 Å². The summed E-state index contributed by atoms with van der Waals surface area (Å²) in [6.07, 6.45) is 2.01. The number of hydrogen-bond acceptors (Lipinski definition) is 3. The van der Waals surface area contributed by atoms with Crippen LogP contribution in [0.4, 0.5) is 0 Å². The first-order valence-corrected chi connectivity index (χ1v) is 5.32. The lowest BCUT2D eigenvalue weighted by Gasteiger charge is -2.24. The van der Waals surface area contributed by atoms with Crippen molar-refractivity contribution >= 4 is 5.91 Å². The lowest BCUT2D eigenvalue weighted by Crippen LogP contribution is -2.49. The van der Waals surface area contributed by atoms with Crippen molar-refractivity contribution in [3.05, 3.63) is 0 Å². The molecule has 2 atom stereocenters. The largest absolute Gasteiger partial charge is 0.377 e. The Kier molecular flexibility index (Phi) is 4.35. The van der Waals surface area contributed by atoms with Gasteiger partial charge in [-0.1, -0.05) is 0 Å². The zero-order valence-electron chi connectivity index (χ0n) is 9.03. The summed E-state index contributed by atoms with van der Waals surface area (Å²) in [5.41, 5.74) is 5.81. The third-order valence-electron chi connectivity index (χ3n) is 2.64. The topological polar surface area (TPSA) is 55.6 Å². The molecule has 82 valence electrons. The van der Waals surface area contributed by atoms with Gasteiger partial charge in [-0.25, -0.2) is 0 Å². The van der Waals surface area contributed by atoms with Gasteiger partial charge in [0.05, 0.1) is 6.10 Å². The van der Waals surface area contributed by atoms with E-state index in [0.29, 0.717) is 6.61 Å². The SMILES string of the molecule is CCOC(C)C(N)C(=O)N1CCCC1. The summed E-state index contributed by atoms with van der Waals surface area (Å²) in [4.78, 5) is 13.6. The minimum absolute atomic E-state index is 0.0310. The van der Waals surface area contributed by atoms with Gasteiger partial charge in [0.25, 0.3) is 0 Å². The number of likely N-dealkylation sites (tertiary alicyclic amines) is 1. The second-order valence-electron chi connectivity index (χ2n) is 3.72. The van der Waals surface area contributed by atoms with Crippen molar-refractivity contribution in [3.8, 4) is 0 Å². The second kappa shape index (κ2) is 5.32. The fraction of sp³-hybridized carbons (Fsp3) is 0.900. The number of carbonyl (C=O) groups excluding carboxylic acids is 1. The van der Waals surface area contributed by atoms with Crippen molar-refractivity contribution in [3.63, 3.8) is 0 Å². The normalized spacial score (nSPS) is 20.9. The molecule has 0 aromatic rings. The van der Waals surface area contributed by atoms with Crippen LogP contribution in [0.1, 0.15) is 26.7 Å². The molecule has 1 aliphatic heterocycles. The van der Waals surface area contributed by atoms with Crippen molar-refractivity contribution in [1.29, 1.82) is 0 Å². The van der Waals surface area contributed by atoms with Gasteiger partial charge in [-0.2, -0.15) is 0 Å². The molecule has 4 heteroatoms. The Morgan fingerprint density at radius 3 is 2.57 bits per heavy atom. The zero-order valence-corrected chi connectivity index (χ0v) is 9.03. The molecular formula is C10H20N2O2. The van der Waals surface area contributed by atoms with Gasteiger partial charge >= 0.3 is 0 Å². The van der Waals surface area contributed by atoms with Crippen molar-refractivity contribution in [1.82, 2.24) is 4.90 Å². The molecule has 0 radical (unpaired) electrons. The molecule has 14 heavy (non-hydrogen) atoms. The van der Waals surface area contributed by atoms with Crippen LogP contribution >= 0.6 is 0 Å². The molecule has 1 saturated heterocycles. The van der Waals surface area contributed by atoms with Crippen LogP contribution in [0.3, 0.4) is 0 Å². The average Bonchev–Trinajstić information content (AvgIpc) is 2.68. The molecule has 0 bridgehead atoms. The van der Waals surface area contributed by atoms with E-state index in [-0.39, 0.29) is 12.0 Å². The molecular weight excluding hydrogens is 180 g/mol. The molecule has 1 aliphatic rings. The first-order chi connectivity index (χ1) is 6.66. The molecule has 0 aliphatic carbocycles. The fourth-order valence-corrected chi connectivity index (χ4v) is 1.72. The molecule has 1 heterocycles. The number of rotatable bonds is 4. The van der Waals surface area contributed by atoms with Crippen LogP contribution in [-0.4, -0.2) is 42.6 Å². The van der Waals surface area contributed by atoms with Crippen molar-refractivity contribution < 1.29 is 9.53 Å². The quantitative estimate of drug-likeness (QED) is 0.713. The van der Waals surface area contributed by atoms with E-state index in [1.165, 1.54) is 0 Å². The number of nitrogens with zero attached hydrogens (tertiary/aromatic N) is 1. The second-order valence-corrected chi connectivity index (χ2v) is 3.72. The zero-order chi connectivity index (χ0) is 10.6. The Bertz CT molecular complexity index is 191. The van der Waals surface area contributed by atoms with Gasteiger partial charge in [0.15, 0.2) is 0 Å². The van der Waals surface area contributed by atoms with Gasteiger partial charge in [0, 0.05) is 19.7 Å². The highest BCUT2D eigenvalue weighted by Crippen LogP contribution is 2.10. The van der Waals surface area contributed by atoms with Gasteiger partial charge in [-0.05, 0) is 26.7 Å². The first kappa shape index (κ1) is 11.5. The Labute approximate surface area is 85.4 Å². The summed E-state index contributed by atoms with van der Waals surface area (Å²) in [6.45, 7) is 6.06. The maximum absolute atomic E-state index is 11.8. The smallest absolute Gasteiger partial charge is 0.242 e. The molecule has 0 saturated carbocycles. The van der Waals surface area contributed by atoms with E-state index < -0.39 is 6.04 Å². The first-order valence-electron chi connectivity index (χ1n) is 5.32. The van der Waals surface area contributed by atoms with Crippen molar-refractivity contribution in [2.75, 3.05) is 19.7 Å². The number of ether oxygens (including phenoxy) is 1. The van der Waals surface area contributed by atoms with Crippen LogP contribution in [0, 0.1) is 0 Å². The third-order valence-corrected chi connectivity index (χ3v) is 2.64. The Balaban J connectivity index is 2.42. The highest BCUT2D eigenvalue weighted by molar-refractivity contribution is 5.82. The molecule has 0 spiro atoms. The van der Waals surface area contributed by atoms with E-state index in [1.807, 2.05) is 18.7 Å². The van der Waals surface area contributed by atoms with Gasteiger partial charge in [0.2, 0.25) is 5.91 Å². The average molecular weight is 200 g/mol. The molecule has 4 nitrogen and oxygen atoms in total. The van der Waals surface area contributed by atoms with E-state index in [2.05, 4.69) is 0 Å². The predicted molar refractivity (Wildman–Crippen MR) is 54.9 cm³/mol. The predicted octanol–water partition coefficient (Wildman–Crippen LogP) is 0.361. The van der Waals surface area contributed by atoms with Gasteiger partial charge < -0.3 is 15.4 Å². The highest BCUT2D eigenvalue weighted by atomic mass is 16.5. The summed E-state index contributed by atoms with van der Waals surface area (Å²) in [6, 6.07) is -0.506. The van der Waals surface area contributed by atoms with Crippen LogP contribution in [0.15, 0.2) is 0 Å². The van der Waals surface area contributed by atoms with Gasteiger partial charge in [0.1, 0.15) is 6.04 Å². The summed E-state index contributed by atoms with van der Waals surface area (Å²) >= 11 is 0. The summed E-state index contributed by atoms with van der Waals surface area (Å²) in [5, 5.41) is 0. The Hall–Kier alpha value is -0.610. The van der Waals surface area contributed by atoms with Gasteiger partial charge in [-0.15, -0.1) is 0 Å². The van der Waals surface area contributed by atoms with Crippen LogP contribution < -0.4 is 5.73 Å². The van der Waals surface area contributed by atoms with Crippen LogP contribution in [-0.2, 0) is 9.53 Å². The van der Waals surface area contributed by atoms with Crippen molar-refractivity contribution in [2.24, 2.45) is 5.73 Å². The number of amides is 1. The number of carbonyl (C=O) groups is 1. The van der Waals surface area contributed by atoms with Crippen LogP contribution in [0.5, 0.6) is 0 Å². The highest BCUT2D eigenvalue weighted by Gasteiger charge is 2.27. The molecule has 1 amide bonds. The molecule has 2 N–H and O–H groups in total. The van der Waals surface area contributed by atoms with Gasteiger partial charge in [-0.3, -0.25) is 4.79 Å². The molecule has 1 fully saturated rings. The van der Waals surface area contributed by atoms with E-state index in [1.54, 1.807) is 0 Å². The molecule has 1 rings (SSSR count). The van der Waals surface area contributed by atoms with Crippen molar-refractivity contribution in [2.45, 2.75) is 38.8 Å². The Morgan fingerprint density at radius 2 is 2.07 bits per heavy atom. The van der Waals surface area contributed by atoms with E-state index in [0.717, 1.165) is 25.9 Å². The minimum Gasteiger partial charge on any atom is -0.377 e. The number of hydrogen-bond donors (Lipinski definition) is 1. The fourth-order valence-electron chi connectivity index (χ4n) is 1.72. The third kappa shape index (κ3) is 2.69. The lowest BCUT2D eigenvalue weighted by molar-refractivity contribution is -0.134. The maximum atomic E-state index is 11.8. The van der Waals surface area contributed by atoms with E-state index >= 15 is 0 Å². The van der Waals surface area contributed by atoms with Crippen LogP contribution in [0.25, 0.3) is 0 Å². The number of nitrogens with two attached hydrogens (primary N) is 1. The molecule has 2 unspecified atom stereocenters.